The Kier molecular flexibility index (Phi) is 42.6. The standard InChI is InChI=1S/C57H109N2O11P/c1-6-8-10-12-14-16-18-20-22-24-25-26-27-29-31-33-35-37-39-41-43-45-53(61)58-50(51(60)44-42-40-38-36-34-32-30-28-23-21-19-17-15-13-11-9-7-2)48-67-57-56(64)55(63)54(62)52(70-57)49-69-71(65,66)68-47-46-59(3,4)5/h28,30,34,36,42,44,50-52,54-57,60,62-64H,6-27,29,31-33,35,37-41,43,45-49H2,1-5H3,(H-,58,61,65,66)/b30-28-,36-34-,44-42+/t50-,51+,52+,54-,55-,56+,57+/m0/s1. The second kappa shape index (κ2) is 44.8. The molecule has 71 heavy (non-hydrogen) atoms. The summed E-state index contributed by atoms with van der Waals surface area (Å²) < 4.78 is 34.3. The molecule has 1 rings (SSSR count). The van der Waals surface area contributed by atoms with Crippen LogP contribution in [-0.4, -0.2) is 121 Å². The molecule has 0 bridgehead atoms. The minimum atomic E-state index is -4.78. The highest BCUT2D eigenvalue weighted by atomic mass is 31.2. The monoisotopic (exact) mass is 1030 g/mol. The van der Waals surface area contributed by atoms with Crippen molar-refractivity contribution in [3.05, 3.63) is 36.5 Å². The topological polar surface area (TPSA) is 187 Å². The van der Waals surface area contributed by atoms with Crippen LogP contribution in [0.4, 0.5) is 0 Å². The number of quaternary nitrogens is 1. The van der Waals surface area contributed by atoms with E-state index in [-0.39, 0.29) is 25.5 Å². The zero-order valence-corrected chi connectivity index (χ0v) is 46.8. The summed E-state index contributed by atoms with van der Waals surface area (Å²) in [5, 5.41) is 46.2. The third kappa shape index (κ3) is 39.6. The maximum atomic E-state index is 13.2. The number of hydrogen-bond donors (Lipinski definition) is 5. The van der Waals surface area contributed by atoms with Crippen LogP contribution in [0.15, 0.2) is 36.5 Å². The van der Waals surface area contributed by atoms with E-state index in [1.165, 1.54) is 161 Å². The van der Waals surface area contributed by atoms with Crippen molar-refractivity contribution in [2.75, 3.05) is 47.5 Å². The van der Waals surface area contributed by atoms with Crippen LogP contribution in [0.1, 0.15) is 232 Å². The fourth-order valence-corrected chi connectivity index (χ4v) is 9.42. The van der Waals surface area contributed by atoms with E-state index in [0.29, 0.717) is 23.9 Å². The zero-order valence-electron chi connectivity index (χ0n) is 45.9. The number of phosphoric ester groups is 1. The Balaban J connectivity index is 2.57. The number of nitrogens with zero attached hydrogens (tertiary/aromatic N) is 1. The summed E-state index contributed by atoms with van der Waals surface area (Å²) in [7, 11) is 0.859. The number of allylic oxidation sites excluding steroid dienone is 5. The van der Waals surface area contributed by atoms with Crippen LogP contribution in [0.25, 0.3) is 0 Å². The van der Waals surface area contributed by atoms with E-state index in [2.05, 4.69) is 43.5 Å². The molecule has 1 saturated heterocycles. The van der Waals surface area contributed by atoms with Gasteiger partial charge in [-0.1, -0.05) is 224 Å². The number of likely N-dealkylation sites (N-methyl/N-ethyl adjacent to an activating group) is 1. The van der Waals surface area contributed by atoms with Crippen molar-refractivity contribution in [2.45, 2.75) is 275 Å². The lowest BCUT2D eigenvalue weighted by Crippen LogP contribution is -2.60. The van der Waals surface area contributed by atoms with E-state index in [1.54, 1.807) is 6.08 Å². The molecule has 0 saturated carbocycles. The molecule has 0 spiro atoms. The van der Waals surface area contributed by atoms with Gasteiger partial charge in [-0.05, 0) is 38.5 Å². The second-order valence-corrected chi connectivity index (χ2v) is 22.8. The van der Waals surface area contributed by atoms with Gasteiger partial charge in [-0.2, -0.15) is 0 Å². The largest absolute Gasteiger partial charge is 0.756 e. The molecule has 1 amide bonds. The second-order valence-electron chi connectivity index (χ2n) is 21.4. The first-order chi connectivity index (χ1) is 34.2. The molecule has 1 aliphatic heterocycles. The van der Waals surface area contributed by atoms with Gasteiger partial charge in [-0.3, -0.25) is 9.36 Å². The molecule has 0 aliphatic carbocycles. The van der Waals surface area contributed by atoms with Gasteiger partial charge in [0.1, 0.15) is 37.6 Å². The number of aliphatic hydroxyl groups is 4. The van der Waals surface area contributed by atoms with Gasteiger partial charge in [0.05, 0.1) is 46.5 Å². The summed E-state index contributed by atoms with van der Waals surface area (Å²) >= 11 is 0. The van der Waals surface area contributed by atoms with Gasteiger partial charge in [0.25, 0.3) is 7.82 Å². The highest BCUT2D eigenvalue weighted by Gasteiger charge is 2.45. The third-order valence-electron chi connectivity index (χ3n) is 13.4. The average molecular weight is 1030 g/mol. The molecule has 0 aromatic heterocycles. The van der Waals surface area contributed by atoms with Crippen molar-refractivity contribution >= 4 is 13.7 Å². The number of rotatable bonds is 49. The van der Waals surface area contributed by atoms with Gasteiger partial charge in [0, 0.05) is 6.42 Å². The summed E-state index contributed by atoms with van der Waals surface area (Å²) in [6.45, 7) is 3.78. The number of unbranched alkanes of at least 4 members (excludes halogenated alkanes) is 29. The van der Waals surface area contributed by atoms with Crippen molar-refractivity contribution < 1.29 is 57.7 Å². The molecule has 418 valence electrons. The first-order valence-corrected chi connectivity index (χ1v) is 30.3. The summed E-state index contributed by atoms with van der Waals surface area (Å²) in [5.74, 6) is -0.245. The van der Waals surface area contributed by atoms with Gasteiger partial charge in [-0.25, -0.2) is 0 Å². The zero-order chi connectivity index (χ0) is 52.3. The Morgan fingerprint density at radius 2 is 1.07 bits per heavy atom. The van der Waals surface area contributed by atoms with E-state index >= 15 is 0 Å². The number of aliphatic hydroxyl groups excluding tert-OH is 4. The van der Waals surface area contributed by atoms with Crippen LogP contribution in [-0.2, 0) is 27.9 Å². The summed E-state index contributed by atoms with van der Waals surface area (Å²) in [5.41, 5.74) is 0. The molecule has 1 heterocycles. The third-order valence-corrected chi connectivity index (χ3v) is 14.4. The molecular weight excluding hydrogens is 920 g/mol. The average Bonchev–Trinajstić information content (AvgIpc) is 3.33. The van der Waals surface area contributed by atoms with Gasteiger partial charge < -0.3 is 53.6 Å². The predicted molar refractivity (Wildman–Crippen MR) is 289 cm³/mol. The molecule has 1 fully saturated rings. The number of carbonyl (C=O) groups excluding carboxylic acids is 1. The molecule has 0 radical (unpaired) electrons. The first kappa shape index (κ1) is 67.5. The number of carbonyl (C=O) groups is 1. The smallest absolute Gasteiger partial charge is 0.268 e. The van der Waals surface area contributed by atoms with E-state index in [9.17, 15) is 34.7 Å². The van der Waals surface area contributed by atoms with E-state index in [0.717, 1.165) is 38.5 Å². The van der Waals surface area contributed by atoms with Crippen LogP contribution >= 0.6 is 7.82 Å². The Hall–Kier alpha value is -1.48. The number of amides is 1. The van der Waals surface area contributed by atoms with Crippen LogP contribution in [0.3, 0.4) is 0 Å². The van der Waals surface area contributed by atoms with Crippen molar-refractivity contribution in [3.63, 3.8) is 0 Å². The Morgan fingerprint density at radius 1 is 0.620 bits per heavy atom. The quantitative estimate of drug-likeness (QED) is 0.0169. The number of ether oxygens (including phenoxy) is 2. The maximum absolute atomic E-state index is 13.2. The summed E-state index contributed by atoms with van der Waals surface area (Å²) in [6.07, 6.45) is 44.2. The molecule has 5 N–H and O–H groups in total. The van der Waals surface area contributed by atoms with Crippen molar-refractivity contribution in [3.8, 4) is 0 Å². The van der Waals surface area contributed by atoms with Crippen LogP contribution in [0.5, 0.6) is 0 Å². The Labute approximate surface area is 434 Å². The summed E-state index contributed by atoms with van der Waals surface area (Å²) in [6, 6.07) is -0.929. The van der Waals surface area contributed by atoms with Crippen molar-refractivity contribution in [1.29, 1.82) is 0 Å². The minimum absolute atomic E-state index is 0.122. The summed E-state index contributed by atoms with van der Waals surface area (Å²) in [4.78, 5) is 25.6. The SMILES string of the molecule is CCCCCCCCCC/C=C\C/C=C\CC/C=C/[C@@H](O)[C@H](CO[C@@H]1O[C@H](COP(=O)([O-])OCC[N+](C)(C)C)[C@H](O)[C@H](O)[C@H]1O)NC(=O)CCCCCCCCCCCCCCCCCCCCCCC. The van der Waals surface area contributed by atoms with Gasteiger partial charge >= 0.3 is 0 Å². The van der Waals surface area contributed by atoms with Crippen molar-refractivity contribution in [1.82, 2.24) is 5.32 Å². The molecule has 0 aromatic rings. The van der Waals surface area contributed by atoms with E-state index in [1.807, 2.05) is 27.2 Å². The molecular formula is C57H109N2O11P. The molecule has 1 unspecified atom stereocenters. The lowest BCUT2D eigenvalue weighted by molar-refractivity contribution is -0.870. The lowest BCUT2D eigenvalue weighted by Gasteiger charge is -2.41. The maximum Gasteiger partial charge on any atom is 0.268 e. The number of hydrogen-bond acceptors (Lipinski definition) is 11. The normalized spacial score (nSPS) is 20.6. The molecule has 8 atom stereocenters. The Morgan fingerprint density at radius 3 is 1.56 bits per heavy atom. The first-order valence-electron chi connectivity index (χ1n) is 28.9. The van der Waals surface area contributed by atoms with Gasteiger partial charge in [0.2, 0.25) is 5.91 Å². The van der Waals surface area contributed by atoms with Gasteiger partial charge in [0.15, 0.2) is 6.29 Å². The Bertz CT molecular complexity index is 1380. The minimum Gasteiger partial charge on any atom is -0.756 e. The molecule has 13 nitrogen and oxygen atoms in total. The molecule has 1 aliphatic rings. The number of phosphoric acid groups is 1. The van der Waals surface area contributed by atoms with Crippen molar-refractivity contribution in [2.24, 2.45) is 0 Å². The van der Waals surface area contributed by atoms with Gasteiger partial charge in [-0.15, -0.1) is 0 Å². The fourth-order valence-electron chi connectivity index (χ4n) is 8.71. The lowest BCUT2D eigenvalue weighted by atomic mass is 9.99. The van der Waals surface area contributed by atoms with E-state index < -0.39 is 57.3 Å². The van der Waals surface area contributed by atoms with Crippen LogP contribution in [0.2, 0.25) is 0 Å². The highest BCUT2D eigenvalue weighted by Crippen LogP contribution is 2.39. The highest BCUT2D eigenvalue weighted by molar-refractivity contribution is 7.45. The van der Waals surface area contributed by atoms with Crippen LogP contribution in [0, 0.1) is 0 Å². The molecule has 14 heteroatoms. The number of nitrogens with one attached hydrogen (secondary N) is 1. The van der Waals surface area contributed by atoms with Crippen LogP contribution < -0.4 is 10.2 Å². The van der Waals surface area contributed by atoms with E-state index in [4.69, 9.17) is 18.5 Å². The molecule has 0 aromatic carbocycles. The predicted octanol–water partition coefficient (Wildman–Crippen LogP) is 11.8. The fraction of sp³-hybridized carbons (Fsp3) is 0.877.